The average molecular weight is 275 g/mol. The van der Waals surface area contributed by atoms with Crippen molar-refractivity contribution >= 4 is 29.0 Å². The smallest absolute Gasteiger partial charge is 0.245 e. The van der Waals surface area contributed by atoms with Gasteiger partial charge in [0.25, 0.3) is 0 Å². The molecule has 94 valence electrons. The van der Waals surface area contributed by atoms with Crippen LogP contribution in [0, 0.1) is 5.41 Å². The minimum Gasteiger partial charge on any atom is -0.354 e. The van der Waals surface area contributed by atoms with Crippen LogP contribution in [0.5, 0.6) is 0 Å². The third-order valence-electron chi connectivity index (χ3n) is 3.24. The van der Waals surface area contributed by atoms with Gasteiger partial charge in [-0.05, 0) is 36.3 Å². The van der Waals surface area contributed by atoms with E-state index in [0.717, 1.165) is 25.9 Å². The van der Waals surface area contributed by atoms with Crippen molar-refractivity contribution in [3.8, 4) is 0 Å². The highest BCUT2D eigenvalue weighted by Gasteiger charge is 2.25. The third-order valence-corrected chi connectivity index (χ3v) is 3.65. The molecule has 1 aromatic rings. The van der Waals surface area contributed by atoms with E-state index in [2.05, 4.69) is 33.9 Å². The van der Waals surface area contributed by atoms with Gasteiger partial charge in [-0.15, -0.1) is 10.2 Å². The zero-order chi connectivity index (χ0) is 12.5. The van der Waals surface area contributed by atoms with Gasteiger partial charge in [0.05, 0.1) is 0 Å². The molecule has 0 spiro atoms. The molecule has 0 atom stereocenters. The van der Waals surface area contributed by atoms with E-state index >= 15 is 0 Å². The molecule has 0 bridgehead atoms. The Morgan fingerprint density at radius 1 is 1.12 bits per heavy atom. The topological polar surface area (TPSA) is 41.9 Å². The predicted molar refractivity (Wildman–Crippen MR) is 69.7 cm³/mol. The molecule has 1 aromatic heterocycles. The minimum atomic E-state index is 0.146. The van der Waals surface area contributed by atoms with Gasteiger partial charge in [0.15, 0.2) is 11.0 Å². The number of halogens is 2. The van der Waals surface area contributed by atoms with Crippen molar-refractivity contribution in [2.45, 2.75) is 33.1 Å². The van der Waals surface area contributed by atoms with E-state index < -0.39 is 0 Å². The SMILES string of the molecule is CC1(C)CCCN(c2nc(Cl)nnc2Cl)CC1. The summed E-state index contributed by atoms with van der Waals surface area (Å²) in [6.07, 6.45) is 3.46. The highest BCUT2D eigenvalue weighted by molar-refractivity contribution is 6.32. The normalized spacial score (nSPS) is 20.1. The van der Waals surface area contributed by atoms with Crippen molar-refractivity contribution in [2.24, 2.45) is 5.41 Å². The molecule has 17 heavy (non-hydrogen) atoms. The molecule has 0 aromatic carbocycles. The van der Waals surface area contributed by atoms with Crippen LogP contribution in [0.3, 0.4) is 0 Å². The molecule has 1 saturated heterocycles. The lowest BCUT2D eigenvalue weighted by Gasteiger charge is -2.24. The van der Waals surface area contributed by atoms with E-state index in [1.807, 2.05) is 0 Å². The first-order valence-electron chi connectivity index (χ1n) is 5.79. The van der Waals surface area contributed by atoms with Crippen LogP contribution in [0.25, 0.3) is 0 Å². The van der Waals surface area contributed by atoms with Crippen molar-refractivity contribution in [1.29, 1.82) is 0 Å². The molecule has 6 heteroatoms. The van der Waals surface area contributed by atoms with Crippen LogP contribution in [0.2, 0.25) is 10.4 Å². The monoisotopic (exact) mass is 274 g/mol. The van der Waals surface area contributed by atoms with Crippen molar-refractivity contribution in [3.63, 3.8) is 0 Å². The van der Waals surface area contributed by atoms with Crippen LogP contribution in [0.15, 0.2) is 0 Å². The van der Waals surface area contributed by atoms with Gasteiger partial charge in [0, 0.05) is 13.1 Å². The Hall–Kier alpha value is -0.610. The van der Waals surface area contributed by atoms with Gasteiger partial charge in [-0.25, -0.2) is 0 Å². The van der Waals surface area contributed by atoms with Gasteiger partial charge in [0.2, 0.25) is 5.28 Å². The summed E-state index contributed by atoms with van der Waals surface area (Å²) in [5.41, 5.74) is 0.380. The largest absolute Gasteiger partial charge is 0.354 e. The highest BCUT2D eigenvalue weighted by Crippen LogP contribution is 2.32. The maximum atomic E-state index is 6.02. The summed E-state index contributed by atoms with van der Waals surface area (Å²) in [4.78, 5) is 6.32. The van der Waals surface area contributed by atoms with Crippen LogP contribution in [-0.4, -0.2) is 28.3 Å². The Balaban J connectivity index is 2.19. The van der Waals surface area contributed by atoms with Gasteiger partial charge in [0.1, 0.15) is 0 Å². The summed E-state index contributed by atoms with van der Waals surface area (Å²) in [7, 11) is 0. The summed E-state index contributed by atoms with van der Waals surface area (Å²) < 4.78 is 0. The number of rotatable bonds is 1. The van der Waals surface area contributed by atoms with Gasteiger partial charge in [-0.1, -0.05) is 25.4 Å². The fraction of sp³-hybridized carbons (Fsp3) is 0.727. The van der Waals surface area contributed by atoms with Gasteiger partial charge >= 0.3 is 0 Å². The molecular formula is C11H16Cl2N4. The molecule has 0 N–H and O–H groups in total. The lowest BCUT2D eigenvalue weighted by molar-refractivity contribution is 0.325. The second-order valence-electron chi connectivity index (χ2n) is 5.20. The first-order valence-corrected chi connectivity index (χ1v) is 6.54. The Bertz CT molecular complexity index is 408. The average Bonchev–Trinajstić information content (AvgIpc) is 2.43. The number of anilines is 1. The standard InChI is InChI=1S/C11H16Cl2N4/c1-11(2)4-3-6-17(7-5-11)9-8(12)15-16-10(13)14-9/h3-7H2,1-2H3. The van der Waals surface area contributed by atoms with Crippen molar-refractivity contribution in [1.82, 2.24) is 15.2 Å². The van der Waals surface area contributed by atoms with E-state index in [-0.39, 0.29) is 5.28 Å². The molecule has 0 unspecified atom stereocenters. The zero-order valence-electron chi connectivity index (χ0n) is 10.1. The minimum absolute atomic E-state index is 0.146. The Morgan fingerprint density at radius 3 is 2.65 bits per heavy atom. The van der Waals surface area contributed by atoms with Gasteiger partial charge in [-0.2, -0.15) is 4.98 Å². The van der Waals surface area contributed by atoms with Crippen molar-refractivity contribution in [3.05, 3.63) is 10.4 Å². The lowest BCUT2D eigenvalue weighted by Crippen LogP contribution is -2.26. The molecule has 1 fully saturated rings. The van der Waals surface area contributed by atoms with E-state index in [9.17, 15) is 0 Å². The predicted octanol–water partition coefficient (Wildman–Crippen LogP) is 3.19. The molecule has 2 rings (SSSR count). The van der Waals surface area contributed by atoms with E-state index in [1.54, 1.807) is 0 Å². The van der Waals surface area contributed by atoms with E-state index in [4.69, 9.17) is 23.2 Å². The van der Waals surface area contributed by atoms with Crippen LogP contribution in [0.4, 0.5) is 5.82 Å². The number of nitrogens with zero attached hydrogens (tertiary/aromatic N) is 4. The fourth-order valence-electron chi connectivity index (χ4n) is 2.12. The summed E-state index contributed by atoms with van der Waals surface area (Å²) in [5, 5.41) is 7.91. The van der Waals surface area contributed by atoms with E-state index in [0.29, 0.717) is 16.4 Å². The number of hydrogen-bond donors (Lipinski definition) is 0. The Kier molecular flexibility index (Phi) is 3.73. The molecular weight excluding hydrogens is 259 g/mol. The molecule has 0 saturated carbocycles. The second kappa shape index (κ2) is 4.94. The first-order chi connectivity index (χ1) is 7.98. The van der Waals surface area contributed by atoms with E-state index in [1.165, 1.54) is 6.42 Å². The summed E-state index contributed by atoms with van der Waals surface area (Å²) in [5.74, 6) is 0.657. The second-order valence-corrected chi connectivity index (χ2v) is 5.90. The van der Waals surface area contributed by atoms with Crippen LogP contribution < -0.4 is 4.90 Å². The Labute approximate surface area is 111 Å². The molecule has 2 heterocycles. The fourth-order valence-corrected chi connectivity index (χ4v) is 2.44. The molecule has 0 aliphatic carbocycles. The zero-order valence-corrected chi connectivity index (χ0v) is 11.6. The summed E-state index contributed by atoms with van der Waals surface area (Å²) in [6, 6.07) is 0. The molecule has 4 nitrogen and oxygen atoms in total. The van der Waals surface area contributed by atoms with Gasteiger partial charge < -0.3 is 4.90 Å². The highest BCUT2D eigenvalue weighted by atomic mass is 35.5. The molecule has 1 aliphatic rings. The summed E-state index contributed by atoms with van der Waals surface area (Å²) >= 11 is 11.8. The summed E-state index contributed by atoms with van der Waals surface area (Å²) in [6.45, 7) is 6.46. The lowest BCUT2D eigenvalue weighted by atomic mass is 9.85. The van der Waals surface area contributed by atoms with Crippen molar-refractivity contribution < 1.29 is 0 Å². The van der Waals surface area contributed by atoms with Crippen LogP contribution >= 0.6 is 23.2 Å². The van der Waals surface area contributed by atoms with Crippen LogP contribution in [-0.2, 0) is 0 Å². The quantitative estimate of drug-likeness (QED) is 0.789. The number of aromatic nitrogens is 3. The van der Waals surface area contributed by atoms with Crippen LogP contribution in [0.1, 0.15) is 33.1 Å². The third kappa shape index (κ3) is 3.19. The number of hydrogen-bond acceptors (Lipinski definition) is 4. The molecule has 0 amide bonds. The molecule has 0 radical (unpaired) electrons. The maximum Gasteiger partial charge on any atom is 0.245 e. The maximum absolute atomic E-state index is 6.02. The van der Waals surface area contributed by atoms with Crippen molar-refractivity contribution in [2.75, 3.05) is 18.0 Å². The molecule has 1 aliphatic heterocycles. The first kappa shape index (κ1) is 12.8. The Morgan fingerprint density at radius 2 is 1.88 bits per heavy atom. The van der Waals surface area contributed by atoms with Gasteiger partial charge in [-0.3, -0.25) is 0 Å².